The number of benzene rings is 1. The Morgan fingerprint density at radius 3 is 2.57 bits per heavy atom. The first-order valence-electron chi connectivity index (χ1n) is 8.12. The molecule has 1 aliphatic carbocycles. The highest BCUT2D eigenvalue weighted by molar-refractivity contribution is 5.19. The summed E-state index contributed by atoms with van der Waals surface area (Å²) in [6.45, 7) is 10.6. The maximum atomic E-state index is 6.36. The lowest BCUT2D eigenvalue weighted by molar-refractivity contribution is -0.114. The summed E-state index contributed by atoms with van der Waals surface area (Å²) in [7, 11) is 0. The van der Waals surface area contributed by atoms with Crippen LogP contribution in [0.3, 0.4) is 0 Å². The molecule has 0 amide bonds. The van der Waals surface area contributed by atoms with E-state index < -0.39 is 0 Å². The molecule has 3 nitrogen and oxygen atoms in total. The molecule has 21 heavy (non-hydrogen) atoms. The number of nitrogens with two attached hydrogens (primary N) is 1. The molecule has 1 aromatic carbocycles. The van der Waals surface area contributed by atoms with E-state index in [0.29, 0.717) is 18.1 Å². The zero-order valence-electron chi connectivity index (χ0n) is 13.8. The van der Waals surface area contributed by atoms with Crippen molar-refractivity contribution in [2.24, 2.45) is 17.1 Å². The summed E-state index contributed by atoms with van der Waals surface area (Å²) in [6, 6.07) is 11.0. The molecule has 2 rings (SSSR count). The summed E-state index contributed by atoms with van der Waals surface area (Å²) in [4.78, 5) is 0. The molecule has 1 aromatic rings. The fourth-order valence-electron chi connectivity index (χ4n) is 3.17. The Morgan fingerprint density at radius 1 is 1.33 bits per heavy atom. The van der Waals surface area contributed by atoms with Crippen LogP contribution in [0.4, 0.5) is 0 Å². The molecule has 0 aromatic heterocycles. The fraction of sp³-hybridized carbons (Fsp3) is 0.667. The van der Waals surface area contributed by atoms with Gasteiger partial charge < -0.3 is 15.8 Å². The van der Waals surface area contributed by atoms with Crippen LogP contribution in [0.5, 0.6) is 0 Å². The minimum Gasteiger partial charge on any atom is -0.378 e. The van der Waals surface area contributed by atoms with Gasteiger partial charge >= 0.3 is 0 Å². The molecule has 4 atom stereocenters. The molecule has 4 unspecified atom stereocenters. The van der Waals surface area contributed by atoms with E-state index >= 15 is 0 Å². The third-order valence-electron chi connectivity index (χ3n) is 5.03. The first-order chi connectivity index (χ1) is 9.96. The Labute approximate surface area is 129 Å². The average molecular weight is 290 g/mol. The summed E-state index contributed by atoms with van der Waals surface area (Å²) in [5.41, 5.74) is 7.79. The number of hydrogen-bond acceptors (Lipinski definition) is 3. The summed E-state index contributed by atoms with van der Waals surface area (Å²) in [5.74, 6) is 0.411. The first kappa shape index (κ1) is 16.5. The second kappa shape index (κ2) is 6.91. The Balaban J connectivity index is 1.81. The third kappa shape index (κ3) is 3.65. The van der Waals surface area contributed by atoms with Crippen LogP contribution >= 0.6 is 0 Å². The molecule has 0 bridgehead atoms. The molecule has 3 heteroatoms. The number of rotatable bonds is 7. The van der Waals surface area contributed by atoms with Crippen LogP contribution in [0, 0.1) is 11.3 Å². The van der Waals surface area contributed by atoms with Crippen molar-refractivity contribution in [3.8, 4) is 0 Å². The fourth-order valence-corrected chi connectivity index (χ4v) is 3.17. The van der Waals surface area contributed by atoms with Crippen molar-refractivity contribution < 1.29 is 4.74 Å². The number of hydrogen-bond donors (Lipinski definition) is 2. The molecule has 0 aliphatic heterocycles. The standard InChI is InChI=1S/C18H30N2O/c1-5-21-16-11-15(18(16,3)4)20-12-13(2)17(19)14-9-7-6-8-10-14/h6-10,13,15-17,20H,5,11-12,19H2,1-4H3. The maximum Gasteiger partial charge on any atom is 0.0655 e. The Bertz CT molecular complexity index is 432. The van der Waals surface area contributed by atoms with Gasteiger partial charge in [-0.05, 0) is 31.4 Å². The van der Waals surface area contributed by atoms with Crippen LogP contribution in [0.25, 0.3) is 0 Å². The van der Waals surface area contributed by atoms with E-state index in [1.807, 2.05) is 6.07 Å². The lowest BCUT2D eigenvalue weighted by Gasteiger charge is -2.52. The normalized spacial score (nSPS) is 26.9. The lowest BCUT2D eigenvalue weighted by atomic mass is 9.64. The third-order valence-corrected chi connectivity index (χ3v) is 5.03. The second-order valence-corrected chi connectivity index (χ2v) is 6.88. The molecule has 1 saturated carbocycles. The molecule has 1 fully saturated rings. The Hall–Kier alpha value is -0.900. The van der Waals surface area contributed by atoms with E-state index in [-0.39, 0.29) is 11.5 Å². The molecule has 3 N–H and O–H groups in total. The van der Waals surface area contributed by atoms with Gasteiger partial charge in [0.15, 0.2) is 0 Å². The maximum absolute atomic E-state index is 6.36. The minimum atomic E-state index is 0.0876. The van der Waals surface area contributed by atoms with Gasteiger partial charge in [-0.25, -0.2) is 0 Å². The average Bonchev–Trinajstić information content (AvgIpc) is 2.50. The van der Waals surface area contributed by atoms with Crippen molar-refractivity contribution in [3.63, 3.8) is 0 Å². The van der Waals surface area contributed by atoms with E-state index in [4.69, 9.17) is 10.5 Å². The van der Waals surface area contributed by atoms with Gasteiger partial charge in [0.25, 0.3) is 0 Å². The highest BCUT2D eigenvalue weighted by Crippen LogP contribution is 2.42. The van der Waals surface area contributed by atoms with E-state index in [9.17, 15) is 0 Å². The summed E-state index contributed by atoms with van der Waals surface area (Å²) < 4.78 is 5.78. The highest BCUT2D eigenvalue weighted by atomic mass is 16.5. The van der Waals surface area contributed by atoms with Gasteiger partial charge in [-0.2, -0.15) is 0 Å². The van der Waals surface area contributed by atoms with Gasteiger partial charge in [0.05, 0.1) is 6.10 Å². The topological polar surface area (TPSA) is 47.3 Å². The smallest absolute Gasteiger partial charge is 0.0655 e. The SMILES string of the molecule is CCOC1CC(NCC(C)C(N)c2ccccc2)C1(C)C. The molecule has 0 saturated heterocycles. The van der Waals surface area contributed by atoms with E-state index in [1.54, 1.807) is 0 Å². The van der Waals surface area contributed by atoms with Gasteiger partial charge in [0.1, 0.15) is 0 Å². The molecular weight excluding hydrogens is 260 g/mol. The quantitative estimate of drug-likeness (QED) is 0.811. The van der Waals surface area contributed by atoms with Crippen molar-refractivity contribution >= 4 is 0 Å². The Kier molecular flexibility index (Phi) is 5.42. The largest absolute Gasteiger partial charge is 0.378 e. The predicted octanol–water partition coefficient (Wildman–Crippen LogP) is 3.12. The first-order valence-corrected chi connectivity index (χ1v) is 8.12. The summed E-state index contributed by atoms with van der Waals surface area (Å²) >= 11 is 0. The molecule has 0 spiro atoms. The molecular formula is C18H30N2O. The summed E-state index contributed by atoms with van der Waals surface area (Å²) in [5, 5.41) is 3.69. The Morgan fingerprint density at radius 2 is 2.00 bits per heavy atom. The van der Waals surface area contributed by atoms with Gasteiger partial charge in [-0.3, -0.25) is 0 Å². The summed E-state index contributed by atoms with van der Waals surface area (Å²) in [6.07, 6.45) is 1.49. The van der Waals surface area contributed by atoms with Crippen molar-refractivity contribution in [2.75, 3.05) is 13.2 Å². The van der Waals surface area contributed by atoms with Crippen LogP contribution in [0.15, 0.2) is 30.3 Å². The van der Waals surface area contributed by atoms with Crippen LogP contribution < -0.4 is 11.1 Å². The van der Waals surface area contributed by atoms with Gasteiger partial charge in [-0.15, -0.1) is 0 Å². The zero-order chi connectivity index (χ0) is 15.5. The molecule has 0 radical (unpaired) electrons. The van der Waals surface area contributed by atoms with Crippen LogP contribution in [0.1, 0.15) is 45.7 Å². The van der Waals surface area contributed by atoms with Gasteiger partial charge in [-0.1, -0.05) is 51.1 Å². The monoisotopic (exact) mass is 290 g/mol. The molecule has 118 valence electrons. The number of nitrogens with one attached hydrogen (secondary N) is 1. The predicted molar refractivity (Wildman–Crippen MR) is 88.1 cm³/mol. The highest BCUT2D eigenvalue weighted by Gasteiger charge is 2.48. The van der Waals surface area contributed by atoms with Crippen LogP contribution in [-0.2, 0) is 4.74 Å². The van der Waals surface area contributed by atoms with Crippen molar-refractivity contribution in [1.82, 2.24) is 5.32 Å². The minimum absolute atomic E-state index is 0.0876. The van der Waals surface area contributed by atoms with Crippen LogP contribution in [0.2, 0.25) is 0 Å². The number of ether oxygens (including phenoxy) is 1. The molecule has 1 aliphatic rings. The van der Waals surface area contributed by atoms with Gasteiger partial charge in [0, 0.05) is 24.1 Å². The zero-order valence-corrected chi connectivity index (χ0v) is 13.8. The van der Waals surface area contributed by atoms with E-state index in [0.717, 1.165) is 19.6 Å². The van der Waals surface area contributed by atoms with Crippen molar-refractivity contribution in [1.29, 1.82) is 0 Å². The molecule has 0 heterocycles. The van der Waals surface area contributed by atoms with Crippen molar-refractivity contribution in [3.05, 3.63) is 35.9 Å². The van der Waals surface area contributed by atoms with E-state index in [1.165, 1.54) is 5.56 Å². The van der Waals surface area contributed by atoms with Crippen molar-refractivity contribution in [2.45, 2.75) is 52.3 Å². The lowest BCUT2D eigenvalue weighted by Crippen LogP contribution is -2.61. The van der Waals surface area contributed by atoms with E-state index in [2.05, 4.69) is 57.3 Å². The second-order valence-electron chi connectivity index (χ2n) is 6.88. The van der Waals surface area contributed by atoms with Gasteiger partial charge in [0.2, 0.25) is 0 Å². The van der Waals surface area contributed by atoms with Crippen LogP contribution in [-0.4, -0.2) is 25.3 Å².